The highest BCUT2D eigenvalue weighted by atomic mass is 32.2. The molecule has 0 atom stereocenters. The van der Waals surface area contributed by atoms with E-state index < -0.39 is 20.0 Å². The monoisotopic (exact) mass is 1070 g/mol. The first-order chi connectivity index (χ1) is 36.2. The second-order valence-electron chi connectivity index (χ2n) is 18.3. The van der Waals surface area contributed by atoms with Gasteiger partial charge in [-0.1, -0.05) is 48.5 Å². The van der Waals surface area contributed by atoms with E-state index in [1.165, 1.54) is 19.4 Å². The normalized spacial score (nSPS) is 13.5. The van der Waals surface area contributed by atoms with Gasteiger partial charge in [0.15, 0.2) is 16.3 Å². The van der Waals surface area contributed by atoms with E-state index in [0.29, 0.717) is 48.9 Å². The number of carbonyl (C=O) groups excluding carboxylic acids is 1. The fourth-order valence-corrected chi connectivity index (χ4v) is 10.6. The van der Waals surface area contributed by atoms with Gasteiger partial charge in [-0.05, 0) is 130 Å². The Bertz CT molecular complexity index is 2810. The predicted molar refractivity (Wildman–Crippen MR) is 285 cm³/mol. The lowest BCUT2D eigenvalue weighted by Crippen LogP contribution is -2.30. The van der Waals surface area contributed by atoms with Crippen LogP contribution in [-0.4, -0.2) is 135 Å². The summed E-state index contributed by atoms with van der Waals surface area (Å²) >= 11 is 0. The molecule has 0 aliphatic heterocycles. The number of sulfonamides is 2. The molecular formula is C54H72N8O11S2. The number of benzene rings is 4. The molecule has 2 aromatic heterocycles. The molecule has 2 saturated carbocycles. The topological polar surface area (TPSA) is 220 Å². The first-order valence-corrected chi connectivity index (χ1v) is 27.8. The van der Waals surface area contributed by atoms with Crippen LogP contribution in [0.5, 0.6) is 23.0 Å². The third-order valence-corrected chi connectivity index (χ3v) is 15.8. The molecule has 2 fully saturated rings. The maximum atomic E-state index is 14.0. The summed E-state index contributed by atoms with van der Waals surface area (Å²) < 4.78 is 82.3. The van der Waals surface area contributed by atoms with Crippen LogP contribution in [0.25, 0.3) is 0 Å². The molecule has 0 radical (unpaired) electrons. The number of nitrogens with one attached hydrogen (secondary N) is 1. The minimum atomic E-state index is -3.97. The smallest absolute Gasteiger partial charge is 0.263 e. The molecule has 21 heteroatoms. The molecule has 2 aliphatic carbocycles. The number of nitrogens with zero attached hydrogens (tertiary/aromatic N) is 7. The number of aromatic nitrogens is 4. The van der Waals surface area contributed by atoms with Gasteiger partial charge in [-0.15, -0.1) is 0 Å². The van der Waals surface area contributed by atoms with Crippen molar-refractivity contribution in [1.82, 2.24) is 38.4 Å². The first-order valence-electron chi connectivity index (χ1n) is 24.9. The van der Waals surface area contributed by atoms with Gasteiger partial charge in [-0.2, -0.15) is 18.8 Å². The summed E-state index contributed by atoms with van der Waals surface area (Å²) in [6, 6.07) is 32.7. The molecule has 0 saturated heterocycles. The van der Waals surface area contributed by atoms with Gasteiger partial charge < -0.3 is 39.4 Å². The summed E-state index contributed by atoms with van der Waals surface area (Å²) in [4.78, 5) is 13.6. The average Bonchev–Trinajstić information content (AvgIpc) is 4.38. The van der Waals surface area contributed by atoms with Crippen LogP contribution in [0.15, 0.2) is 119 Å². The molecule has 3 N–H and O–H groups in total. The number of hydrogen-bond acceptors (Lipinski definition) is 15. The number of aldehydes is 1. The Morgan fingerprint density at radius 3 is 1.25 bits per heavy atom. The molecular weight excluding hydrogens is 1000 g/mol. The largest absolute Gasteiger partial charge is 0.497 e. The highest BCUT2D eigenvalue weighted by Gasteiger charge is 2.35. The van der Waals surface area contributed by atoms with Crippen LogP contribution in [0.1, 0.15) is 89.0 Å². The highest BCUT2D eigenvalue weighted by molar-refractivity contribution is 7.89. The Morgan fingerprint density at radius 2 is 0.933 bits per heavy atom. The lowest BCUT2D eigenvalue weighted by Gasteiger charge is -2.21. The third-order valence-electron chi connectivity index (χ3n) is 12.4. The van der Waals surface area contributed by atoms with E-state index in [2.05, 4.69) is 20.4 Å². The van der Waals surface area contributed by atoms with Crippen LogP contribution in [0.4, 0.5) is 0 Å². The second-order valence-corrected chi connectivity index (χ2v) is 22.1. The molecule has 0 bridgehead atoms. The van der Waals surface area contributed by atoms with E-state index in [0.717, 1.165) is 73.1 Å². The van der Waals surface area contributed by atoms with Gasteiger partial charge in [0.2, 0.25) is 0 Å². The van der Waals surface area contributed by atoms with Gasteiger partial charge in [0.05, 0.1) is 46.2 Å². The van der Waals surface area contributed by atoms with E-state index in [1.807, 2.05) is 91.6 Å². The number of aliphatic hydroxyl groups is 2. The zero-order chi connectivity index (χ0) is 54.0. The number of hydrogen-bond donors (Lipinski definition) is 3. The van der Waals surface area contributed by atoms with Gasteiger partial charge in [0.25, 0.3) is 20.0 Å². The van der Waals surface area contributed by atoms with Crippen molar-refractivity contribution in [2.75, 3.05) is 68.8 Å². The standard InChI is InChI=1S/C27H36N4O5S.C23H25N3O5S.C4H11NO/c1-29(15-4-16-32)20-24-17-27(28-31(24)23-9-10-23)37(33,34)30(18-21-5-11-25(35-2)12-6-21)19-22-7-13-26(36-3)14-8-22;1-30-21-9-3-17(4-10-21)14-25(15-18-5-11-22(31-2)12-6-18)32(28,29)23-13-20(16-27)26(24-23)19-7-8-19;1-5-3-2-4-6/h5-8,11-14,17,23,32H,4,9-10,15-16,18-20H2,1-3H3;3-6,9-13,16,19H,7-8,14-15H2,1-2H3;5-6H,2-4H2,1H3. The summed E-state index contributed by atoms with van der Waals surface area (Å²) in [5.41, 5.74) is 4.46. The third kappa shape index (κ3) is 16.7. The first kappa shape index (κ1) is 58.1. The summed E-state index contributed by atoms with van der Waals surface area (Å²) in [7, 11) is 2.32. The second kappa shape index (κ2) is 28.1. The molecule has 8 rings (SSSR count). The Hall–Kier alpha value is -6.17. The van der Waals surface area contributed by atoms with Gasteiger partial charge in [-0.25, -0.2) is 16.8 Å². The maximum absolute atomic E-state index is 14.0. The zero-order valence-electron chi connectivity index (χ0n) is 43.7. The van der Waals surface area contributed by atoms with Crippen molar-refractivity contribution >= 4 is 26.3 Å². The SMILES string of the molecule is CNCCCO.COc1ccc(CN(Cc2ccc(OC)cc2)S(=O)(=O)c2cc(C=O)n(C3CC3)n2)cc1.COc1ccc(CN(Cc2ccc(OC)cc2)S(=O)(=O)c2cc(CN(C)CCCO)n(C3CC3)n2)cc1. The van der Waals surface area contributed by atoms with Crippen molar-refractivity contribution < 1.29 is 50.8 Å². The Balaban J connectivity index is 0.000000222. The molecule has 2 aliphatic rings. The summed E-state index contributed by atoms with van der Waals surface area (Å²) in [6.45, 7) is 3.29. The van der Waals surface area contributed by atoms with E-state index in [9.17, 15) is 21.6 Å². The van der Waals surface area contributed by atoms with Crippen LogP contribution in [0, 0.1) is 0 Å². The van der Waals surface area contributed by atoms with Crippen molar-refractivity contribution in [3.8, 4) is 23.0 Å². The Morgan fingerprint density at radius 1 is 0.573 bits per heavy atom. The molecule has 4 aromatic carbocycles. The van der Waals surface area contributed by atoms with Crippen molar-refractivity contribution in [1.29, 1.82) is 0 Å². The van der Waals surface area contributed by atoms with Gasteiger partial charge in [0, 0.05) is 64.6 Å². The molecule has 0 spiro atoms. The van der Waals surface area contributed by atoms with E-state index in [-0.39, 0.29) is 60.6 Å². The van der Waals surface area contributed by atoms with E-state index >= 15 is 0 Å². The van der Waals surface area contributed by atoms with Gasteiger partial charge >= 0.3 is 0 Å². The summed E-state index contributed by atoms with van der Waals surface area (Å²) in [6.07, 6.45) is 5.95. The van der Waals surface area contributed by atoms with Crippen LogP contribution in [0.2, 0.25) is 0 Å². The average molecular weight is 1070 g/mol. The molecule has 2 heterocycles. The number of ether oxygens (including phenoxy) is 4. The van der Waals surface area contributed by atoms with Crippen molar-refractivity contribution in [3.05, 3.63) is 143 Å². The van der Waals surface area contributed by atoms with Crippen molar-refractivity contribution in [3.63, 3.8) is 0 Å². The van der Waals surface area contributed by atoms with E-state index in [4.69, 9.17) is 29.2 Å². The molecule has 0 amide bonds. The lowest BCUT2D eigenvalue weighted by molar-refractivity contribution is 0.111. The molecule has 406 valence electrons. The van der Waals surface area contributed by atoms with E-state index in [1.54, 1.807) is 58.8 Å². The number of carbonyl (C=O) groups is 1. The minimum absolute atomic E-state index is 0.0620. The lowest BCUT2D eigenvalue weighted by atomic mass is 10.2. The zero-order valence-corrected chi connectivity index (χ0v) is 45.4. The Kier molecular flexibility index (Phi) is 21.8. The van der Waals surface area contributed by atoms with Crippen LogP contribution < -0.4 is 24.3 Å². The number of aliphatic hydroxyl groups excluding tert-OH is 2. The molecule has 75 heavy (non-hydrogen) atoms. The Labute approximate surface area is 441 Å². The highest BCUT2D eigenvalue weighted by Crippen LogP contribution is 2.38. The summed E-state index contributed by atoms with van der Waals surface area (Å²) in [5.74, 6) is 2.81. The fourth-order valence-electron chi connectivity index (χ4n) is 7.91. The minimum Gasteiger partial charge on any atom is -0.497 e. The fraction of sp³-hybridized carbons (Fsp3) is 0.426. The maximum Gasteiger partial charge on any atom is 0.263 e. The van der Waals surface area contributed by atoms with Gasteiger partial charge in [-0.3, -0.25) is 14.2 Å². The van der Waals surface area contributed by atoms with Crippen LogP contribution >= 0.6 is 0 Å². The predicted octanol–water partition coefficient (Wildman–Crippen LogP) is 6.47. The number of rotatable bonds is 27. The van der Waals surface area contributed by atoms with Gasteiger partial charge in [0.1, 0.15) is 28.7 Å². The van der Waals surface area contributed by atoms with Crippen molar-refractivity contribution in [2.24, 2.45) is 0 Å². The van der Waals surface area contributed by atoms with Crippen LogP contribution in [0.3, 0.4) is 0 Å². The molecule has 19 nitrogen and oxygen atoms in total. The summed E-state index contributed by atoms with van der Waals surface area (Å²) in [5, 5.41) is 29.1. The quantitative estimate of drug-likeness (QED) is 0.0372. The van der Waals surface area contributed by atoms with Crippen LogP contribution in [-0.2, 0) is 52.8 Å². The van der Waals surface area contributed by atoms with Crippen molar-refractivity contribution in [2.45, 2.75) is 93.4 Å². The number of methoxy groups -OCH3 is 4. The molecule has 6 aromatic rings. The molecule has 0 unspecified atom stereocenters.